The fourth-order valence-corrected chi connectivity index (χ4v) is 0.532. The fourth-order valence-electron chi connectivity index (χ4n) is 0.532. The third-order valence-corrected chi connectivity index (χ3v) is 0.872. The van der Waals surface area contributed by atoms with Crippen molar-refractivity contribution < 1.29 is 4.79 Å². The van der Waals surface area contributed by atoms with Crippen LogP contribution in [-0.2, 0) is 4.79 Å². The molecule has 0 atom stereocenters. The number of hydrogen-bond acceptors (Lipinski definition) is 8. The van der Waals surface area contributed by atoms with Crippen LogP contribution in [0, 0.1) is 0 Å². The van der Waals surface area contributed by atoms with Crippen molar-refractivity contribution in [1.29, 1.82) is 0 Å². The summed E-state index contributed by atoms with van der Waals surface area (Å²) >= 11 is 0. The van der Waals surface area contributed by atoms with E-state index in [-0.39, 0.29) is 17.8 Å². The van der Waals surface area contributed by atoms with Gasteiger partial charge in [-0.25, -0.2) is 10.2 Å². The number of hydrogen-bond donors (Lipinski definition) is 3. The third-order valence-electron chi connectivity index (χ3n) is 0.872. The van der Waals surface area contributed by atoms with E-state index in [1.165, 1.54) is 6.08 Å². The number of anilines is 3. The lowest BCUT2D eigenvalue weighted by Gasteiger charge is -1.97. The second kappa shape index (κ2) is 3.26. The normalized spacial score (nSPS) is 8.67. The summed E-state index contributed by atoms with van der Waals surface area (Å²) in [6.45, 7) is 0. The summed E-state index contributed by atoms with van der Waals surface area (Å²) in [7, 11) is 0. The number of nitrogens with two attached hydrogens (primary N) is 2. The van der Waals surface area contributed by atoms with Crippen molar-refractivity contribution in [3.8, 4) is 0 Å². The number of nitrogen functional groups attached to an aromatic ring is 2. The van der Waals surface area contributed by atoms with Crippen molar-refractivity contribution in [2.45, 2.75) is 0 Å². The first kappa shape index (κ1) is 7.89. The van der Waals surface area contributed by atoms with Gasteiger partial charge in [-0.1, -0.05) is 5.10 Å². The van der Waals surface area contributed by atoms with Gasteiger partial charge in [-0.3, -0.25) is 0 Å². The Morgan fingerprint density at radius 2 is 1.83 bits per heavy atom. The quantitative estimate of drug-likeness (QED) is 0.283. The van der Waals surface area contributed by atoms with E-state index in [2.05, 4.69) is 25.5 Å². The van der Waals surface area contributed by atoms with E-state index in [9.17, 15) is 4.79 Å². The summed E-state index contributed by atoms with van der Waals surface area (Å²) < 4.78 is 0. The molecule has 0 unspecified atom stereocenters. The number of carbonyl (C=O) groups excluding carboxylic acids is 1. The zero-order valence-electron chi connectivity index (χ0n) is 5.85. The molecule has 0 saturated carbocycles. The first-order valence-electron chi connectivity index (χ1n) is 2.82. The molecule has 0 bridgehead atoms. The van der Waals surface area contributed by atoms with E-state index in [0.717, 1.165) is 0 Å². The Labute approximate surface area is 66.7 Å². The Bertz CT molecular complexity index is 310. The van der Waals surface area contributed by atoms with E-state index in [4.69, 9.17) is 11.5 Å². The zero-order chi connectivity index (χ0) is 8.97. The number of nitrogens with one attached hydrogen (secondary N) is 1. The van der Waals surface area contributed by atoms with Gasteiger partial charge in [0, 0.05) is 0 Å². The molecule has 5 N–H and O–H groups in total. The lowest BCUT2D eigenvalue weighted by atomic mass is 10.8. The molecule has 0 aliphatic rings. The molecule has 0 fully saturated rings. The van der Waals surface area contributed by atoms with Crippen LogP contribution in [0.4, 0.5) is 17.8 Å². The van der Waals surface area contributed by atoms with Crippen LogP contribution in [0.1, 0.15) is 0 Å². The highest BCUT2D eigenvalue weighted by atomic mass is 16.1. The average Bonchev–Trinajstić information content (AvgIpc) is 1.99. The Hall–Kier alpha value is -2.21. The van der Waals surface area contributed by atoms with Crippen molar-refractivity contribution in [3.05, 3.63) is 0 Å². The van der Waals surface area contributed by atoms with Gasteiger partial charge in [0.1, 0.15) is 0 Å². The molecule has 0 amide bonds. The number of hydrazone groups is 1. The minimum atomic E-state index is -0.0499. The van der Waals surface area contributed by atoms with Gasteiger partial charge in [0.15, 0.2) is 0 Å². The van der Waals surface area contributed by atoms with Crippen LogP contribution in [0.2, 0.25) is 0 Å². The topological polar surface area (TPSA) is 132 Å². The first-order valence-corrected chi connectivity index (χ1v) is 2.82. The van der Waals surface area contributed by atoms with Gasteiger partial charge in [0.25, 0.3) is 12.0 Å². The van der Waals surface area contributed by atoms with E-state index < -0.39 is 0 Å². The molecule has 8 heteroatoms. The molecule has 0 aliphatic heterocycles. The van der Waals surface area contributed by atoms with Crippen LogP contribution in [-0.4, -0.2) is 21.0 Å². The number of isocyanates is 1. The molecule has 8 nitrogen and oxygen atoms in total. The molecule has 1 rings (SSSR count). The minimum Gasteiger partial charge on any atom is -0.368 e. The summed E-state index contributed by atoms with van der Waals surface area (Å²) in [5, 5.41) is 3.00. The summed E-state index contributed by atoms with van der Waals surface area (Å²) in [5.41, 5.74) is 12.6. The largest absolute Gasteiger partial charge is 0.368 e. The van der Waals surface area contributed by atoms with Gasteiger partial charge in [0.05, 0.1) is 0 Å². The van der Waals surface area contributed by atoms with Gasteiger partial charge in [-0.2, -0.15) is 15.0 Å². The monoisotopic (exact) mass is 167 g/mol. The summed E-state index contributed by atoms with van der Waals surface area (Å²) in [6, 6.07) is 0. The van der Waals surface area contributed by atoms with Crippen LogP contribution < -0.4 is 16.9 Å². The molecule has 62 valence electrons. The Morgan fingerprint density at radius 3 is 2.33 bits per heavy atom. The van der Waals surface area contributed by atoms with Gasteiger partial charge >= 0.3 is 0 Å². The molecule has 0 aliphatic carbocycles. The average molecular weight is 167 g/mol. The molecule has 0 aromatic carbocycles. The maximum absolute atomic E-state index is 9.66. The highest BCUT2D eigenvalue weighted by Gasteiger charge is 1.98. The predicted molar refractivity (Wildman–Crippen MR) is 40.4 cm³/mol. The van der Waals surface area contributed by atoms with Gasteiger partial charge in [-0.05, 0) is 0 Å². The Morgan fingerprint density at radius 1 is 1.25 bits per heavy atom. The summed E-state index contributed by atoms with van der Waals surface area (Å²) in [4.78, 5) is 20.3. The molecule has 0 radical (unpaired) electrons. The molecular weight excluding hydrogens is 162 g/mol. The van der Waals surface area contributed by atoms with Gasteiger partial charge < -0.3 is 11.5 Å². The minimum absolute atomic E-state index is 0.00310. The van der Waals surface area contributed by atoms with E-state index in [0.29, 0.717) is 0 Å². The SMILES string of the molecule is Nc1nc(N)nc(NN=C=O)n1. The maximum Gasteiger partial charge on any atom is 0.258 e. The third kappa shape index (κ3) is 1.89. The van der Waals surface area contributed by atoms with Crippen LogP contribution in [0.5, 0.6) is 0 Å². The standard InChI is InChI=1S/C4H5N7O/c5-2-8-3(6)10-4(9-2)11-7-1-12/h(H5,5,6,8,9,10,11). The van der Waals surface area contributed by atoms with E-state index in [1.54, 1.807) is 0 Å². The Kier molecular flexibility index (Phi) is 2.14. The number of rotatable bonds is 2. The maximum atomic E-state index is 9.66. The number of nitrogens with zero attached hydrogens (tertiary/aromatic N) is 4. The predicted octanol–water partition coefficient (Wildman–Crippen LogP) is -1.30. The molecule has 0 saturated heterocycles. The molecule has 1 aromatic rings. The molecule has 0 spiro atoms. The lowest BCUT2D eigenvalue weighted by Crippen LogP contribution is -2.05. The van der Waals surface area contributed by atoms with Crippen LogP contribution >= 0.6 is 0 Å². The van der Waals surface area contributed by atoms with Crippen molar-refractivity contribution >= 4 is 23.9 Å². The van der Waals surface area contributed by atoms with Gasteiger partial charge in [-0.15, -0.1) is 0 Å². The highest BCUT2D eigenvalue weighted by Crippen LogP contribution is 2.02. The van der Waals surface area contributed by atoms with Crippen LogP contribution in [0.15, 0.2) is 5.10 Å². The van der Waals surface area contributed by atoms with Crippen molar-refractivity contribution in [2.24, 2.45) is 5.10 Å². The highest BCUT2D eigenvalue weighted by molar-refractivity contribution is 5.40. The van der Waals surface area contributed by atoms with Crippen molar-refractivity contribution in [3.63, 3.8) is 0 Å². The van der Waals surface area contributed by atoms with E-state index >= 15 is 0 Å². The second-order valence-electron chi connectivity index (χ2n) is 1.69. The fraction of sp³-hybridized carbons (Fsp3) is 0. The van der Waals surface area contributed by atoms with Crippen molar-refractivity contribution in [2.75, 3.05) is 16.9 Å². The smallest absolute Gasteiger partial charge is 0.258 e. The molecule has 1 aromatic heterocycles. The molecule has 1 heterocycles. The first-order chi connectivity index (χ1) is 5.72. The lowest BCUT2D eigenvalue weighted by molar-refractivity contribution is 0.564. The summed E-state index contributed by atoms with van der Waals surface area (Å²) in [5.74, 6) is -0.0967. The Balaban J connectivity index is 2.92. The second-order valence-corrected chi connectivity index (χ2v) is 1.69. The van der Waals surface area contributed by atoms with E-state index in [1.807, 2.05) is 0 Å². The van der Waals surface area contributed by atoms with Crippen LogP contribution in [0.25, 0.3) is 0 Å². The van der Waals surface area contributed by atoms with Crippen LogP contribution in [0.3, 0.4) is 0 Å². The zero-order valence-corrected chi connectivity index (χ0v) is 5.85. The molecular formula is C4H5N7O. The van der Waals surface area contributed by atoms with Crippen molar-refractivity contribution in [1.82, 2.24) is 15.0 Å². The van der Waals surface area contributed by atoms with Gasteiger partial charge in [0.2, 0.25) is 11.9 Å². The summed E-state index contributed by atoms with van der Waals surface area (Å²) in [6.07, 6.45) is 1.24. The number of aromatic nitrogens is 3. The molecule has 12 heavy (non-hydrogen) atoms.